The maximum Gasteiger partial charge on any atom is 0.197 e. The molecule has 3 heterocycles. The van der Waals surface area contributed by atoms with Crippen LogP contribution >= 0.6 is 0 Å². The van der Waals surface area contributed by atoms with Crippen LogP contribution in [0.3, 0.4) is 0 Å². The predicted octanol–water partition coefficient (Wildman–Crippen LogP) is -1.45. The zero-order valence-electron chi connectivity index (χ0n) is 20.6. The third kappa shape index (κ3) is 4.89. The Morgan fingerprint density at radius 3 is 2.27 bits per heavy atom. The van der Waals surface area contributed by atoms with Gasteiger partial charge in [-0.05, 0) is 24.3 Å². The summed E-state index contributed by atoms with van der Waals surface area (Å²) in [6.07, 6.45) is -14.9. The fraction of sp³-hybridized carbons (Fsp3) is 0.423. The molecule has 2 aromatic carbocycles. The minimum Gasteiger partial charge on any atom is -0.508 e. The highest BCUT2D eigenvalue weighted by atomic mass is 16.7. The van der Waals surface area contributed by atoms with Crippen LogP contribution in [0.5, 0.6) is 17.2 Å². The number of aliphatic hydroxyl groups excluding tert-OH is 6. The molecule has 14 heteroatoms. The molecule has 0 saturated carbocycles. The van der Waals surface area contributed by atoms with Crippen LogP contribution < -0.4 is 5.43 Å². The molecule has 0 aliphatic carbocycles. The Bertz CT molecular complexity index is 1420. The lowest BCUT2D eigenvalue weighted by atomic mass is 9.89. The normalized spacial score (nSPS) is 32.8. The number of fused-ring (bicyclic) bond motifs is 1. The van der Waals surface area contributed by atoms with Gasteiger partial charge in [-0.25, -0.2) is 0 Å². The lowest BCUT2D eigenvalue weighted by Crippen LogP contribution is -2.60. The Labute approximate surface area is 225 Å². The Kier molecular flexibility index (Phi) is 7.71. The first-order valence-electron chi connectivity index (χ1n) is 12.3. The van der Waals surface area contributed by atoms with E-state index >= 15 is 0 Å². The van der Waals surface area contributed by atoms with Gasteiger partial charge in [0.15, 0.2) is 11.7 Å². The molecule has 0 spiro atoms. The van der Waals surface area contributed by atoms with Gasteiger partial charge in [-0.3, -0.25) is 4.79 Å². The van der Waals surface area contributed by atoms with Crippen LogP contribution in [0.2, 0.25) is 0 Å². The van der Waals surface area contributed by atoms with E-state index < -0.39 is 90.8 Å². The van der Waals surface area contributed by atoms with Crippen molar-refractivity contribution in [2.24, 2.45) is 0 Å². The van der Waals surface area contributed by atoms with Crippen LogP contribution in [0.25, 0.3) is 22.3 Å². The Hall–Kier alpha value is -3.31. The molecule has 0 amide bonds. The molecule has 2 aliphatic rings. The minimum atomic E-state index is -1.85. The molecule has 3 aromatic rings. The number of aromatic hydroxyl groups is 3. The van der Waals surface area contributed by atoms with E-state index in [1.807, 2.05) is 0 Å². The Balaban J connectivity index is 1.58. The van der Waals surface area contributed by atoms with Gasteiger partial charge in [0.2, 0.25) is 0 Å². The van der Waals surface area contributed by atoms with Crippen molar-refractivity contribution in [3.05, 3.63) is 52.2 Å². The van der Waals surface area contributed by atoms with Crippen molar-refractivity contribution in [1.29, 1.82) is 0 Å². The molecule has 2 saturated heterocycles. The second-order valence-corrected chi connectivity index (χ2v) is 9.66. The molecule has 216 valence electrons. The maximum absolute atomic E-state index is 13.1. The smallest absolute Gasteiger partial charge is 0.197 e. The van der Waals surface area contributed by atoms with Crippen molar-refractivity contribution in [3.63, 3.8) is 0 Å². The molecule has 0 bridgehead atoms. The van der Waals surface area contributed by atoms with Crippen molar-refractivity contribution in [2.75, 3.05) is 13.2 Å². The topological polar surface area (TPSA) is 240 Å². The SMILES string of the molecule is O=c1cc(-c2ccc(O)cc2)oc2cc(O)c([C@H]3O[C@@H](CO)[C@H](O)[C@@H](O)[C@@H]3O[C@H]3OC[C@@H](O)[C@@H](O)[C@@H]3O)c(O)c12. The molecule has 5 rings (SSSR count). The minimum absolute atomic E-state index is 0.0126. The number of hydrogen-bond acceptors (Lipinski definition) is 14. The summed E-state index contributed by atoms with van der Waals surface area (Å²) in [6, 6.07) is 7.84. The van der Waals surface area contributed by atoms with Crippen molar-refractivity contribution < 1.29 is 64.6 Å². The standard InChI is InChI=1S/C26H28O14/c27-7-16-20(33)22(35)25(40-26-23(36)19(32)13(31)8-37-26)24(39-16)18-12(30)6-15-17(21(18)34)11(29)5-14(38-15)9-1-3-10(28)4-2-9/h1-6,13,16,19-20,22-28,30-36H,7-8H2/t13-,16+,19-,20+,22-,23+,24-,25+,26-/m1/s1. The van der Waals surface area contributed by atoms with Gasteiger partial charge in [0.1, 0.15) is 82.8 Å². The van der Waals surface area contributed by atoms with Crippen LogP contribution in [0.4, 0.5) is 0 Å². The summed E-state index contributed by atoms with van der Waals surface area (Å²) in [5.41, 5.74) is -0.980. The summed E-state index contributed by atoms with van der Waals surface area (Å²) in [7, 11) is 0. The van der Waals surface area contributed by atoms with E-state index in [-0.39, 0.29) is 22.5 Å². The molecule has 9 N–H and O–H groups in total. The molecular formula is C26H28O14. The largest absolute Gasteiger partial charge is 0.508 e. The van der Waals surface area contributed by atoms with E-state index in [2.05, 4.69) is 0 Å². The summed E-state index contributed by atoms with van der Waals surface area (Å²) in [5.74, 6) is -1.42. The van der Waals surface area contributed by atoms with E-state index in [1.54, 1.807) is 0 Å². The molecule has 2 aliphatic heterocycles. The average Bonchev–Trinajstić information content (AvgIpc) is 2.92. The third-order valence-corrected chi connectivity index (χ3v) is 7.06. The van der Waals surface area contributed by atoms with Crippen LogP contribution in [-0.4, -0.2) is 108 Å². The van der Waals surface area contributed by atoms with Crippen LogP contribution in [0, 0.1) is 0 Å². The molecule has 1 aromatic heterocycles. The molecule has 0 radical (unpaired) electrons. The van der Waals surface area contributed by atoms with Gasteiger partial charge < -0.3 is 64.6 Å². The van der Waals surface area contributed by atoms with Crippen LogP contribution in [0.15, 0.2) is 45.6 Å². The first-order chi connectivity index (χ1) is 19.0. The highest BCUT2D eigenvalue weighted by molar-refractivity contribution is 5.88. The summed E-state index contributed by atoms with van der Waals surface area (Å²) in [5, 5.41) is 92.3. The number of hydrogen-bond donors (Lipinski definition) is 9. The van der Waals surface area contributed by atoms with Gasteiger partial charge in [-0.1, -0.05) is 0 Å². The first-order valence-corrected chi connectivity index (χ1v) is 12.3. The van der Waals surface area contributed by atoms with E-state index in [0.29, 0.717) is 5.56 Å². The third-order valence-electron chi connectivity index (χ3n) is 7.06. The van der Waals surface area contributed by atoms with E-state index in [9.17, 15) is 50.8 Å². The summed E-state index contributed by atoms with van der Waals surface area (Å²) in [4.78, 5) is 13.1. The van der Waals surface area contributed by atoms with Gasteiger partial charge in [-0.2, -0.15) is 0 Å². The van der Waals surface area contributed by atoms with Crippen LogP contribution in [0.1, 0.15) is 11.7 Å². The Morgan fingerprint density at radius 2 is 1.60 bits per heavy atom. The molecule has 0 unspecified atom stereocenters. The fourth-order valence-electron chi connectivity index (χ4n) is 4.88. The lowest BCUT2D eigenvalue weighted by Gasteiger charge is -2.45. The molecule has 9 atom stereocenters. The average molecular weight is 564 g/mol. The molecule has 40 heavy (non-hydrogen) atoms. The second kappa shape index (κ2) is 10.9. The fourth-order valence-corrected chi connectivity index (χ4v) is 4.88. The predicted molar refractivity (Wildman–Crippen MR) is 132 cm³/mol. The van der Waals surface area contributed by atoms with Crippen LogP contribution in [-0.2, 0) is 14.2 Å². The summed E-state index contributed by atoms with van der Waals surface area (Å²) in [6.45, 7) is -1.24. The second-order valence-electron chi connectivity index (χ2n) is 9.66. The monoisotopic (exact) mass is 564 g/mol. The number of rotatable bonds is 5. The zero-order chi connectivity index (χ0) is 28.9. The lowest BCUT2D eigenvalue weighted by molar-refractivity contribution is -0.325. The van der Waals surface area contributed by atoms with Crippen molar-refractivity contribution >= 4 is 11.0 Å². The molecule has 2 fully saturated rings. The number of benzene rings is 2. The van der Waals surface area contributed by atoms with Gasteiger partial charge >= 0.3 is 0 Å². The molecule has 14 nitrogen and oxygen atoms in total. The Morgan fingerprint density at radius 1 is 0.900 bits per heavy atom. The van der Waals surface area contributed by atoms with Gasteiger partial charge in [0, 0.05) is 17.7 Å². The van der Waals surface area contributed by atoms with Crippen molar-refractivity contribution in [2.45, 2.75) is 55.1 Å². The van der Waals surface area contributed by atoms with Gasteiger partial charge in [-0.15, -0.1) is 0 Å². The quantitative estimate of drug-likeness (QED) is 0.172. The number of aliphatic hydroxyl groups is 6. The van der Waals surface area contributed by atoms with Crippen molar-refractivity contribution in [3.8, 4) is 28.6 Å². The zero-order valence-corrected chi connectivity index (χ0v) is 20.6. The van der Waals surface area contributed by atoms with Gasteiger partial charge in [0.05, 0.1) is 18.8 Å². The first kappa shape index (κ1) is 28.2. The number of phenols is 3. The van der Waals surface area contributed by atoms with E-state index in [1.165, 1.54) is 24.3 Å². The highest BCUT2D eigenvalue weighted by Gasteiger charge is 2.50. The summed E-state index contributed by atoms with van der Waals surface area (Å²) >= 11 is 0. The highest BCUT2D eigenvalue weighted by Crippen LogP contribution is 2.46. The molecular weight excluding hydrogens is 536 g/mol. The maximum atomic E-state index is 13.1. The van der Waals surface area contributed by atoms with Crippen molar-refractivity contribution in [1.82, 2.24) is 0 Å². The summed E-state index contributed by atoms with van der Waals surface area (Å²) < 4.78 is 22.3. The van der Waals surface area contributed by atoms with Gasteiger partial charge in [0.25, 0.3) is 0 Å². The number of ether oxygens (including phenoxy) is 3. The van der Waals surface area contributed by atoms with E-state index in [4.69, 9.17) is 18.6 Å². The number of phenolic OH excluding ortho intramolecular Hbond substituents is 3. The van der Waals surface area contributed by atoms with E-state index in [0.717, 1.165) is 12.1 Å².